The highest BCUT2D eigenvalue weighted by Crippen LogP contribution is 2.40. The number of halogens is 1. The van der Waals surface area contributed by atoms with E-state index < -0.39 is 4.92 Å². The molecule has 0 unspecified atom stereocenters. The number of rotatable bonds is 4. The number of nitro groups is 1. The van der Waals surface area contributed by atoms with Crippen LogP contribution in [0.3, 0.4) is 0 Å². The summed E-state index contributed by atoms with van der Waals surface area (Å²) in [6.07, 6.45) is 0. The molecule has 2 heterocycles. The summed E-state index contributed by atoms with van der Waals surface area (Å²) in [6.45, 7) is 0.844. The maximum atomic E-state index is 11.5. The second kappa shape index (κ2) is 7.97. The Bertz CT molecular complexity index is 1310. The third kappa shape index (κ3) is 3.42. The van der Waals surface area contributed by atoms with Gasteiger partial charge in [0.15, 0.2) is 6.04 Å². The van der Waals surface area contributed by atoms with Crippen LogP contribution in [-0.4, -0.2) is 30.5 Å². The van der Waals surface area contributed by atoms with Crippen LogP contribution in [0.15, 0.2) is 66.7 Å². The van der Waals surface area contributed by atoms with Crippen molar-refractivity contribution >= 4 is 33.9 Å². The van der Waals surface area contributed by atoms with E-state index in [1.807, 2.05) is 26.2 Å². The number of aromatic nitrogens is 1. The van der Waals surface area contributed by atoms with Gasteiger partial charge in [-0.15, -0.1) is 0 Å². The molecule has 0 bridgehead atoms. The zero-order chi connectivity index (χ0) is 22.4. The molecule has 7 heteroatoms. The lowest BCUT2D eigenvalue weighted by atomic mass is 9.83. The molecule has 1 aliphatic heterocycles. The van der Waals surface area contributed by atoms with Gasteiger partial charge in [0.25, 0.3) is 5.69 Å². The van der Waals surface area contributed by atoms with Gasteiger partial charge < -0.3 is 15.2 Å². The highest BCUT2D eigenvalue weighted by Gasteiger charge is 2.36. The molecule has 3 aromatic carbocycles. The van der Waals surface area contributed by atoms with Crippen molar-refractivity contribution in [1.29, 1.82) is 0 Å². The third-order valence-electron chi connectivity index (χ3n) is 6.38. The molecule has 5 rings (SSSR count). The van der Waals surface area contributed by atoms with Crippen LogP contribution in [0.2, 0.25) is 5.02 Å². The van der Waals surface area contributed by atoms with Gasteiger partial charge in [0.05, 0.1) is 23.1 Å². The highest BCUT2D eigenvalue weighted by molar-refractivity contribution is 6.32. The molecule has 0 saturated carbocycles. The minimum absolute atomic E-state index is 0.0587. The first-order valence-electron chi connectivity index (χ1n) is 10.6. The minimum atomic E-state index is -0.421. The molecule has 4 aromatic rings. The fraction of sp³-hybridized carbons (Fsp3) is 0.200. The number of fused-ring (bicyclic) bond motifs is 3. The lowest BCUT2D eigenvalue weighted by Crippen LogP contribution is -2.88. The number of aromatic amines is 1. The number of nitrogens with two attached hydrogens (primary N) is 1. The maximum Gasteiger partial charge on any atom is 0.288 e. The first-order valence-corrected chi connectivity index (χ1v) is 11.0. The number of nitrogens with zero attached hydrogens (tertiary/aromatic N) is 2. The SMILES string of the molecule is CN(C)c1ccc([C@H]2C[NH2+][C@H](c3ccc(Cl)c([N+](=O)[O-])c3)c3[nH]c4ccccc4c32)cc1. The predicted molar refractivity (Wildman–Crippen MR) is 128 cm³/mol. The number of H-pyrrole nitrogens is 1. The summed E-state index contributed by atoms with van der Waals surface area (Å²) >= 11 is 6.07. The van der Waals surface area contributed by atoms with Crippen LogP contribution in [-0.2, 0) is 0 Å². The van der Waals surface area contributed by atoms with Crippen LogP contribution in [0.5, 0.6) is 0 Å². The molecular weight excluding hydrogens is 424 g/mol. The predicted octanol–water partition coefficient (Wildman–Crippen LogP) is 4.59. The molecular formula is C25H24ClN4O2+. The number of nitro benzene ring substituents is 1. The Morgan fingerprint density at radius 3 is 2.50 bits per heavy atom. The van der Waals surface area contributed by atoms with Gasteiger partial charge in [0.1, 0.15) is 5.02 Å². The van der Waals surface area contributed by atoms with E-state index in [-0.39, 0.29) is 22.7 Å². The molecule has 2 atom stereocenters. The van der Waals surface area contributed by atoms with Crippen molar-refractivity contribution in [2.24, 2.45) is 0 Å². The third-order valence-corrected chi connectivity index (χ3v) is 6.70. The van der Waals surface area contributed by atoms with Crippen LogP contribution in [0.4, 0.5) is 11.4 Å². The average Bonchev–Trinajstić information content (AvgIpc) is 3.18. The standard InChI is InChI=1S/C25H23ClN4O2/c1-29(2)17-10-7-15(8-11-17)19-14-27-24(16-9-12-20(26)22(13-16)30(31)32)25-23(19)18-5-3-4-6-21(18)28-25/h3-13,19,24,27-28H,14H2,1-2H3/p+1/t19-,24-/m1/s1. The fourth-order valence-corrected chi connectivity index (χ4v) is 4.97. The molecule has 32 heavy (non-hydrogen) atoms. The molecule has 0 spiro atoms. The van der Waals surface area contributed by atoms with Crippen molar-refractivity contribution in [2.45, 2.75) is 12.0 Å². The molecule has 1 aromatic heterocycles. The summed E-state index contributed by atoms with van der Waals surface area (Å²) in [4.78, 5) is 16.7. The Morgan fingerprint density at radius 2 is 1.78 bits per heavy atom. The van der Waals surface area contributed by atoms with Gasteiger partial charge in [0.2, 0.25) is 0 Å². The Kier molecular flexibility index (Phi) is 5.12. The van der Waals surface area contributed by atoms with Crippen molar-refractivity contribution in [3.05, 3.63) is 104 Å². The van der Waals surface area contributed by atoms with E-state index in [1.165, 1.54) is 22.2 Å². The van der Waals surface area contributed by atoms with E-state index in [2.05, 4.69) is 57.7 Å². The van der Waals surface area contributed by atoms with Crippen LogP contribution in [0.25, 0.3) is 10.9 Å². The lowest BCUT2D eigenvalue weighted by Gasteiger charge is -2.28. The molecule has 0 amide bonds. The molecule has 0 saturated heterocycles. The molecule has 0 radical (unpaired) electrons. The van der Waals surface area contributed by atoms with Gasteiger partial charge in [0, 0.05) is 47.9 Å². The summed E-state index contributed by atoms with van der Waals surface area (Å²) < 4.78 is 0. The first kappa shape index (κ1) is 20.5. The van der Waals surface area contributed by atoms with E-state index in [9.17, 15) is 10.1 Å². The Balaban J connectivity index is 1.64. The molecule has 0 fully saturated rings. The molecule has 0 aliphatic carbocycles. The largest absolute Gasteiger partial charge is 0.378 e. The first-order chi connectivity index (χ1) is 15.4. The number of hydrogen-bond acceptors (Lipinski definition) is 3. The van der Waals surface area contributed by atoms with E-state index >= 15 is 0 Å². The number of para-hydroxylation sites is 1. The summed E-state index contributed by atoms with van der Waals surface area (Å²) in [5.41, 5.74) is 6.68. The quantitative estimate of drug-likeness (QED) is 0.354. The van der Waals surface area contributed by atoms with Crippen LogP contribution in [0.1, 0.15) is 34.3 Å². The summed E-state index contributed by atoms with van der Waals surface area (Å²) in [6, 6.07) is 22.1. The van der Waals surface area contributed by atoms with E-state index in [4.69, 9.17) is 11.6 Å². The number of benzene rings is 3. The van der Waals surface area contributed by atoms with Gasteiger partial charge in [-0.1, -0.05) is 48.0 Å². The van der Waals surface area contributed by atoms with Crippen molar-refractivity contribution < 1.29 is 10.2 Å². The minimum Gasteiger partial charge on any atom is -0.378 e. The summed E-state index contributed by atoms with van der Waals surface area (Å²) in [5, 5.41) is 15.1. The van der Waals surface area contributed by atoms with E-state index in [1.54, 1.807) is 12.1 Å². The zero-order valence-electron chi connectivity index (χ0n) is 17.9. The summed E-state index contributed by atoms with van der Waals surface area (Å²) in [5.74, 6) is 0.218. The van der Waals surface area contributed by atoms with Gasteiger partial charge in [-0.3, -0.25) is 10.1 Å². The monoisotopic (exact) mass is 447 g/mol. The van der Waals surface area contributed by atoms with Gasteiger partial charge in [-0.25, -0.2) is 0 Å². The summed E-state index contributed by atoms with van der Waals surface area (Å²) in [7, 11) is 4.08. The molecule has 162 valence electrons. The Morgan fingerprint density at radius 1 is 1.06 bits per heavy atom. The van der Waals surface area contributed by atoms with E-state index in [0.29, 0.717) is 0 Å². The number of nitrogens with one attached hydrogen (secondary N) is 1. The molecule has 1 aliphatic rings. The second-order valence-corrected chi connectivity index (χ2v) is 8.86. The van der Waals surface area contributed by atoms with E-state index in [0.717, 1.165) is 23.3 Å². The van der Waals surface area contributed by atoms with Crippen molar-refractivity contribution in [2.75, 3.05) is 25.5 Å². The second-order valence-electron chi connectivity index (χ2n) is 8.45. The number of anilines is 1. The van der Waals surface area contributed by atoms with Crippen LogP contribution >= 0.6 is 11.6 Å². The van der Waals surface area contributed by atoms with Crippen LogP contribution in [0, 0.1) is 10.1 Å². The number of hydrogen-bond donors (Lipinski definition) is 2. The Hall–Kier alpha value is -3.35. The van der Waals surface area contributed by atoms with Gasteiger partial charge in [-0.05, 0) is 29.8 Å². The molecule has 6 nitrogen and oxygen atoms in total. The van der Waals surface area contributed by atoms with Crippen molar-refractivity contribution in [3.63, 3.8) is 0 Å². The molecule has 3 N–H and O–H groups in total. The topological polar surface area (TPSA) is 78.8 Å². The van der Waals surface area contributed by atoms with Gasteiger partial charge in [-0.2, -0.15) is 0 Å². The van der Waals surface area contributed by atoms with Crippen LogP contribution < -0.4 is 10.2 Å². The number of quaternary nitrogens is 1. The average molecular weight is 448 g/mol. The lowest BCUT2D eigenvalue weighted by molar-refractivity contribution is -0.692. The fourth-order valence-electron chi connectivity index (χ4n) is 4.79. The van der Waals surface area contributed by atoms with Gasteiger partial charge >= 0.3 is 0 Å². The smallest absolute Gasteiger partial charge is 0.288 e. The highest BCUT2D eigenvalue weighted by atomic mass is 35.5. The van der Waals surface area contributed by atoms with Crippen molar-refractivity contribution in [3.8, 4) is 0 Å². The maximum absolute atomic E-state index is 11.5. The Labute approximate surface area is 191 Å². The van der Waals surface area contributed by atoms with Crippen molar-refractivity contribution in [1.82, 2.24) is 4.98 Å². The zero-order valence-corrected chi connectivity index (χ0v) is 18.6. The normalized spacial score (nSPS) is 17.8.